The number of ketones is 1. The Bertz CT molecular complexity index is 459. The third-order valence-corrected chi connectivity index (χ3v) is 2.22. The second kappa shape index (κ2) is 4.09. The van der Waals surface area contributed by atoms with Crippen LogP contribution in [-0.2, 0) is 0 Å². The van der Waals surface area contributed by atoms with E-state index in [4.69, 9.17) is 0 Å². The van der Waals surface area contributed by atoms with Gasteiger partial charge in [0, 0.05) is 12.6 Å². The van der Waals surface area contributed by atoms with Crippen molar-refractivity contribution in [1.29, 1.82) is 0 Å². The number of carbonyl (C=O) groups excluding carboxylic acids is 1. The number of Topliss-reactive ketones (excluding diaryl/α,β-unsaturated/α-hetero) is 1. The molecule has 0 saturated heterocycles. The highest BCUT2D eigenvalue weighted by atomic mass is 16.1. The van der Waals surface area contributed by atoms with Crippen LogP contribution < -0.4 is 0 Å². The lowest BCUT2D eigenvalue weighted by Crippen LogP contribution is -2.00. The SMILES string of the molecule is CCC(=O)c1ccn(-c2ccccc2)n1. The lowest BCUT2D eigenvalue weighted by Gasteiger charge is -1.99. The summed E-state index contributed by atoms with van der Waals surface area (Å²) in [5.41, 5.74) is 1.49. The summed E-state index contributed by atoms with van der Waals surface area (Å²) >= 11 is 0. The van der Waals surface area contributed by atoms with Gasteiger partial charge in [-0.15, -0.1) is 0 Å². The Morgan fingerprint density at radius 1 is 1.27 bits per heavy atom. The third-order valence-electron chi connectivity index (χ3n) is 2.22. The first kappa shape index (κ1) is 9.65. The fourth-order valence-electron chi connectivity index (χ4n) is 1.38. The second-order valence-electron chi connectivity index (χ2n) is 3.26. The number of benzene rings is 1. The molecule has 1 aromatic heterocycles. The van der Waals surface area contributed by atoms with Gasteiger partial charge in [-0.1, -0.05) is 25.1 Å². The van der Waals surface area contributed by atoms with Gasteiger partial charge in [-0.3, -0.25) is 4.79 Å². The molecule has 2 aromatic rings. The molecule has 0 unspecified atom stereocenters. The van der Waals surface area contributed by atoms with E-state index in [-0.39, 0.29) is 5.78 Å². The van der Waals surface area contributed by atoms with E-state index < -0.39 is 0 Å². The second-order valence-corrected chi connectivity index (χ2v) is 3.26. The molecule has 0 bridgehead atoms. The minimum absolute atomic E-state index is 0.0738. The van der Waals surface area contributed by atoms with Crippen LogP contribution in [0.25, 0.3) is 5.69 Å². The number of rotatable bonds is 3. The van der Waals surface area contributed by atoms with E-state index in [2.05, 4.69) is 5.10 Å². The molecule has 76 valence electrons. The molecule has 3 nitrogen and oxygen atoms in total. The summed E-state index contributed by atoms with van der Waals surface area (Å²) in [6.07, 6.45) is 2.30. The lowest BCUT2D eigenvalue weighted by molar-refractivity contribution is 0.0983. The zero-order valence-corrected chi connectivity index (χ0v) is 8.55. The highest BCUT2D eigenvalue weighted by molar-refractivity contribution is 5.93. The molecule has 0 saturated carbocycles. The minimum Gasteiger partial charge on any atom is -0.292 e. The number of para-hydroxylation sites is 1. The molecular weight excluding hydrogens is 188 g/mol. The van der Waals surface area contributed by atoms with Crippen molar-refractivity contribution in [3.05, 3.63) is 48.3 Å². The van der Waals surface area contributed by atoms with Gasteiger partial charge in [-0.05, 0) is 18.2 Å². The van der Waals surface area contributed by atoms with Crippen molar-refractivity contribution in [3.8, 4) is 5.69 Å². The molecule has 0 amide bonds. The van der Waals surface area contributed by atoms with Crippen LogP contribution in [0, 0.1) is 0 Å². The van der Waals surface area contributed by atoms with E-state index >= 15 is 0 Å². The molecule has 0 radical (unpaired) electrons. The van der Waals surface area contributed by atoms with E-state index in [0.717, 1.165) is 5.69 Å². The van der Waals surface area contributed by atoms with Crippen LogP contribution >= 0.6 is 0 Å². The van der Waals surface area contributed by atoms with Crippen molar-refractivity contribution in [2.24, 2.45) is 0 Å². The standard InChI is InChI=1S/C12H12N2O/c1-2-12(15)11-8-9-14(13-11)10-6-4-3-5-7-10/h3-9H,2H2,1H3. The summed E-state index contributed by atoms with van der Waals surface area (Å²) in [6.45, 7) is 1.84. The Morgan fingerprint density at radius 3 is 2.67 bits per heavy atom. The predicted molar refractivity (Wildman–Crippen MR) is 58.2 cm³/mol. The number of hydrogen-bond acceptors (Lipinski definition) is 2. The van der Waals surface area contributed by atoms with Gasteiger partial charge in [0.2, 0.25) is 0 Å². The van der Waals surface area contributed by atoms with Crippen molar-refractivity contribution < 1.29 is 4.79 Å². The van der Waals surface area contributed by atoms with Crippen LogP contribution in [0.3, 0.4) is 0 Å². The Kier molecular flexibility index (Phi) is 2.63. The van der Waals surface area contributed by atoms with E-state index in [0.29, 0.717) is 12.1 Å². The van der Waals surface area contributed by atoms with Crippen molar-refractivity contribution in [3.63, 3.8) is 0 Å². The van der Waals surface area contributed by atoms with Crippen LogP contribution in [-0.4, -0.2) is 15.6 Å². The van der Waals surface area contributed by atoms with Crippen molar-refractivity contribution >= 4 is 5.78 Å². The van der Waals surface area contributed by atoms with Gasteiger partial charge >= 0.3 is 0 Å². The van der Waals surface area contributed by atoms with Crippen LogP contribution in [0.4, 0.5) is 0 Å². The zero-order chi connectivity index (χ0) is 10.7. The first-order chi connectivity index (χ1) is 7.31. The molecule has 0 aliphatic rings. The molecular formula is C12H12N2O. The molecule has 0 fully saturated rings. The maximum Gasteiger partial charge on any atom is 0.182 e. The largest absolute Gasteiger partial charge is 0.292 e. The van der Waals surface area contributed by atoms with Crippen LogP contribution in [0.5, 0.6) is 0 Å². The normalized spacial score (nSPS) is 10.2. The molecule has 2 rings (SSSR count). The van der Waals surface area contributed by atoms with Crippen molar-refractivity contribution in [2.45, 2.75) is 13.3 Å². The maximum atomic E-state index is 11.4. The van der Waals surface area contributed by atoms with E-state index in [1.54, 1.807) is 16.9 Å². The predicted octanol–water partition coefficient (Wildman–Crippen LogP) is 2.47. The summed E-state index contributed by atoms with van der Waals surface area (Å²) in [6, 6.07) is 11.5. The molecule has 0 N–H and O–H groups in total. The molecule has 1 heterocycles. The lowest BCUT2D eigenvalue weighted by atomic mass is 10.2. The molecule has 3 heteroatoms. The molecule has 0 spiro atoms. The summed E-state index contributed by atoms with van der Waals surface area (Å²) < 4.78 is 1.71. The molecule has 15 heavy (non-hydrogen) atoms. The number of hydrogen-bond donors (Lipinski definition) is 0. The monoisotopic (exact) mass is 200 g/mol. The first-order valence-corrected chi connectivity index (χ1v) is 4.95. The average molecular weight is 200 g/mol. The topological polar surface area (TPSA) is 34.9 Å². The molecule has 1 aromatic carbocycles. The Labute approximate surface area is 88.4 Å². The van der Waals surface area contributed by atoms with Gasteiger partial charge in [0.1, 0.15) is 5.69 Å². The molecule has 0 atom stereocenters. The van der Waals surface area contributed by atoms with Crippen LogP contribution in [0.2, 0.25) is 0 Å². The van der Waals surface area contributed by atoms with Gasteiger partial charge < -0.3 is 0 Å². The van der Waals surface area contributed by atoms with Gasteiger partial charge in [-0.25, -0.2) is 4.68 Å². The third kappa shape index (κ3) is 1.96. The number of nitrogens with zero attached hydrogens (tertiary/aromatic N) is 2. The maximum absolute atomic E-state index is 11.4. The number of carbonyl (C=O) groups is 1. The van der Waals surface area contributed by atoms with Gasteiger partial charge in [0.05, 0.1) is 5.69 Å². The smallest absolute Gasteiger partial charge is 0.182 e. The van der Waals surface area contributed by atoms with Gasteiger partial charge in [0.15, 0.2) is 5.78 Å². The first-order valence-electron chi connectivity index (χ1n) is 4.95. The Morgan fingerprint density at radius 2 is 2.00 bits per heavy atom. The van der Waals surface area contributed by atoms with Crippen molar-refractivity contribution in [1.82, 2.24) is 9.78 Å². The quantitative estimate of drug-likeness (QED) is 0.713. The summed E-state index contributed by atoms with van der Waals surface area (Å²) in [4.78, 5) is 11.4. The Hall–Kier alpha value is -1.90. The minimum atomic E-state index is 0.0738. The highest BCUT2D eigenvalue weighted by Crippen LogP contribution is 2.07. The average Bonchev–Trinajstić information content (AvgIpc) is 2.78. The number of aromatic nitrogens is 2. The molecule has 0 aliphatic heterocycles. The van der Waals surface area contributed by atoms with E-state index in [9.17, 15) is 4.79 Å². The Balaban J connectivity index is 2.32. The van der Waals surface area contributed by atoms with E-state index in [1.165, 1.54) is 0 Å². The van der Waals surface area contributed by atoms with Crippen LogP contribution in [0.1, 0.15) is 23.8 Å². The highest BCUT2D eigenvalue weighted by Gasteiger charge is 2.06. The van der Waals surface area contributed by atoms with Crippen molar-refractivity contribution in [2.75, 3.05) is 0 Å². The molecule has 0 aliphatic carbocycles. The van der Waals surface area contributed by atoms with Gasteiger partial charge in [-0.2, -0.15) is 5.10 Å². The van der Waals surface area contributed by atoms with Crippen LogP contribution in [0.15, 0.2) is 42.6 Å². The fraction of sp³-hybridized carbons (Fsp3) is 0.167. The summed E-state index contributed by atoms with van der Waals surface area (Å²) in [5, 5.41) is 4.22. The summed E-state index contributed by atoms with van der Waals surface area (Å²) in [5.74, 6) is 0.0738. The summed E-state index contributed by atoms with van der Waals surface area (Å²) in [7, 11) is 0. The zero-order valence-electron chi connectivity index (χ0n) is 8.55. The fourth-order valence-corrected chi connectivity index (χ4v) is 1.38. The van der Waals surface area contributed by atoms with Gasteiger partial charge in [0.25, 0.3) is 0 Å². The van der Waals surface area contributed by atoms with E-state index in [1.807, 2.05) is 37.3 Å².